The molecule has 2 saturated heterocycles. The number of carbonyl (C=O) groups excluding carboxylic acids is 1. The molecule has 6 heteroatoms. The van der Waals surface area contributed by atoms with Crippen molar-refractivity contribution in [2.75, 3.05) is 50.9 Å². The molecular formula is C20H24N2O3S. The van der Waals surface area contributed by atoms with Gasteiger partial charge in [0.1, 0.15) is 0 Å². The second-order valence-electron chi connectivity index (χ2n) is 6.73. The van der Waals surface area contributed by atoms with E-state index in [0.717, 1.165) is 42.3 Å². The quantitative estimate of drug-likeness (QED) is 0.830. The Morgan fingerprint density at radius 3 is 2.62 bits per heavy atom. The molecule has 2 fully saturated rings. The minimum Gasteiger partial charge on any atom is -0.378 e. The Balaban J connectivity index is 1.67. The van der Waals surface area contributed by atoms with Crippen LogP contribution in [0.15, 0.2) is 36.4 Å². The molecular weight excluding hydrogens is 348 g/mol. The van der Waals surface area contributed by atoms with Gasteiger partial charge in [-0.3, -0.25) is 4.79 Å². The van der Waals surface area contributed by atoms with Gasteiger partial charge < -0.3 is 19.3 Å². The molecule has 0 bridgehead atoms. The number of hydrogen-bond donors (Lipinski definition) is 0. The van der Waals surface area contributed by atoms with Crippen LogP contribution in [0.25, 0.3) is 11.1 Å². The molecule has 1 unspecified atom stereocenters. The van der Waals surface area contributed by atoms with Crippen LogP contribution in [0.1, 0.15) is 16.6 Å². The van der Waals surface area contributed by atoms with Crippen molar-refractivity contribution in [1.29, 1.82) is 0 Å². The molecule has 5 nitrogen and oxygen atoms in total. The molecule has 26 heavy (non-hydrogen) atoms. The molecule has 138 valence electrons. The summed E-state index contributed by atoms with van der Waals surface area (Å²) in [4.78, 5) is 18.1. The molecule has 3 heterocycles. The maximum atomic E-state index is 13.1. The highest BCUT2D eigenvalue weighted by molar-refractivity contribution is 7.18. The summed E-state index contributed by atoms with van der Waals surface area (Å²) in [6, 6.07) is 12.4. The normalized spacial score (nSPS) is 21.0. The van der Waals surface area contributed by atoms with Crippen molar-refractivity contribution < 1.29 is 14.3 Å². The zero-order chi connectivity index (χ0) is 17.9. The molecule has 0 saturated carbocycles. The molecule has 0 spiro atoms. The topological polar surface area (TPSA) is 42.0 Å². The number of thiophene rings is 1. The number of hydrogen-bond acceptors (Lipinski definition) is 5. The van der Waals surface area contributed by atoms with E-state index in [2.05, 4.69) is 23.1 Å². The predicted molar refractivity (Wildman–Crippen MR) is 104 cm³/mol. The highest BCUT2D eigenvalue weighted by Crippen LogP contribution is 2.40. The van der Waals surface area contributed by atoms with Crippen molar-refractivity contribution in [2.45, 2.75) is 13.0 Å². The van der Waals surface area contributed by atoms with Gasteiger partial charge in [0.25, 0.3) is 5.91 Å². The molecule has 4 rings (SSSR count). The number of ether oxygens (including phenoxy) is 2. The van der Waals surface area contributed by atoms with E-state index in [-0.39, 0.29) is 12.0 Å². The maximum absolute atomic E-state index is 13.1. The van der Waals surface area contributed by atoms with Gasteiger partial charge in [-0.25, -0.2) is 0 Å². The van der Waals surface area contributed by atoms with Gasteiger partial charge in [-0.2, -0.15) is 0 Å². The first-order valence-corrected chi connectivity index (χ1v) is 9.97. The van der Waals surface area contributed by atoms with E-state index < -0.39 is 0 Å². The van der Waals surface area contributed by atoms with Crippen molar-refractivity contribution in [1.82, 2.24) is 4.90 Å². The largest absolute Gasteiger partial charge is 0.378 e. The minimum atomic E-state index is 0.0972. The monoisotopic (exact) mass is 372 g/mol. The van der Waals surface area contributed by atoms with Crippen LogP contribution in [0.3, 0.4) is 0 Å². The first-order valence-electron chi connectivity index (χ1n) is 9.15. The number of anilines is 1. The summed E-state index contributed by atoms with van der Waals surface area (Å²) in [6.45, 7) is 7.14. The zero-order valence-corrected chi connectivity index (χ0v) is 15.8. The van der Waals surface area contributed by atoms with Crippen LogP contribution < -0.4 is 4.90 Å². The third-order valence-electron chi connectivity index (χ3n) is 4.83. The molecule has 1 aromatic carbocycles. The number of rotatable bonds is 3. The lowest BCUT2D eigenvalue weighted by molar-refractivity contribution is -0.0122. The zero-order valence-electron chi connectivity index (χ0n) is 15.0. The van der Waals surface area contributed by atoms with Crippen molar-refractivity contribution >= 4 is 22.2 Å². The maximum Gasteiger partial charge on any atom is 0.264 e. The lowest BCUT2D eigenvalue weighted by atomic mass is 10.1. The van der Waals surface area contributed by atoms with Crippen molar-refractivity contribution in [3.63, 3.8) is 0 Å². The second kappa shape index (κ2) is 7.78. The first-order chi connectivity index (χ1) is 12.7. The van der Waals surface area contributed by atoms with Crippen LogP contribution in [0.4, 0.5) is 5.00 Å². The van der Waals surface area contributed by atoms with Gasteiger partial charge in [-0.15, -0.1) is 11.3 Å². The van der Waals surface area contributed by atoms with Crippen molar-refractivity contribution in [3.05, 3.63) is 41.3 Å². The van der Waals surface area contributed by atoms with Crippen LogP contribution in [0, 0.1) is 0 Å². The highest BCUT2D eigenvalue weighted by Gasteiger charge is 2.27. The fraction of sp³-hybridized carbons (Fsp3) is 0.450. The lowest BCUT2D eigenvalue weighted by Gasteiger charge is -2.31. The Morgan fingerprint density at radius 1 is 1.12 bits per heavy atom. The Morgan fingerprint density at radius 2 is 1.88 bits per heavy atom. The van der Waals surface area contributed by atoms with Crippen LogP contribution in [-0.2, 0) is 9.47 Å². The van der Waals surface area contributed by atoms with E-state index in [4.69, 9.17) is 9.47 Å². The first kappa shape index (κ1) is 17.5. The molecule has 0 aliphatic carbocycles. The lowest BCUT2D eigenvalue weighted by Crippen LogP contribution is -2.44. The van der Waals surface area contributed by atoms with E-state index in [1.165, 1.54) is 5.00 Å². The molecule has 1 amide bonds. The number of morpholine rings is 2. The van der Waals surface area contributed by atoms with Gasteiger partial charge >= 0.3 is 0 Å². The van der Waals surface area contributed by atoms with Crippen LogP contribution in [0.5, 0.6) is 0 Å². The molecule has 0 radical (unpaired) electrons. The summed E-state index contributed by atoms with van der Waals surface area (Å²) in [5.74, 6) is 0.113. The van der Waals surface area contributed by atoms with Crippen LogP contribution in [-0.4, -0.2) is 62.9 Å². The van der Waals surface area contributed by atoms with Crippen LogP contribution in [0.2, 0.25) is 0 Å². The molecule has 1 atom stereocenters. The summed E-state index contributed by atoms with van der Waals surface area (Å²) in [5, 5.41) is 1.17. The summed E-state index contributed by atoms with van der Waals surface area (Å²) in [5.41, 5.74) is 2.29. The Labute approximate surface area is 158 Å². The Bertz CT molecular complexity index is 756. The summed E-state index contributed by atoms with van der Waals surface area (Å²) in [6.07, 6.45) is 0.0972. The predicted octanol–water partition coefficient (Wildman–Crippen LogP) is 3.11. The van der Waals surface area contributed by atoms with Gasteiger partial charge in [-0.1, -0.05) is 30.3 Å². The summed E-state index contributed by atoms with van der Waals surface area (Å²) in [7, 11) is 0. The average Bonchev–Trinajstić information content (AvgIpc) is 3.14. The van der Waals surface area contributed by atoms with Gasteiger partial charge in [0.2, 0.25) is 0 Å². The van der Waals surface area contributed by atoms with Gasteiger partial charge in [-0.05, 0) is 18.6 Å². The van der Waals surface area contributed by atoms with Gasteiger partial charge in [0, 0.05) is 31.7 Å². The van der Waals surface area contributed by atoms with Gasteiger partial charge in [0.15, 0.2) is 0 Å². The molecule has 1 aromatic heterocycles. The van der Waals surface area contributed by atoms with Crippen molar-refractivity contribution in [2.24, 2.45) is 0 Å². The summed E-state index contributed by atoms with van der Waals surface area (Å²) < 4.78 is 11.1. The number of benzene rings is 1. The number of carbonyl (C=O) groups is 1. The standard InChI is InChI=1S/C20H24N2O3S/c1-15-14-22(9-12-25-15)19(23)18-13-17(16-5-3-2-4-6-16)20(26-18)21-7-10-24-11-8-21/h2-6,13,15H,7-12,14H2,1H3. The SMILES string of the molecule is CC1CN(C(=O)c2cc(-c3ccccc3)c(N3CCOCC3)s2)CCO1. The molecule has 2 aromatic rings. The Hall–Kier alpha value is -1.89. The minimum absolute atomic E-state index is 0.0972. The molecule has 0 N–H and O–H groups in total. The number of amides is 1. The van der Waals surface area contributed by atoms with E-state index in [0.29, 0.717) is 19.7 Å². The fourth-order valence-corrected chi connectivity index (χ4v) is 4.67. The molecule has 2 aliphatic rings. The van der Waals surface area contributed by atoms with Crippen LogP contribution >= 0.6 is 11.3 Å². The Kier molecular flexibility index (Phi) is 5.24. The fourth-order valence-electron chi connectivity index (χ4n) is 3.47. The molecule has 2 aliphatic heterocycles. The van der Waals surface area contributed by atoms with E-state index in [1.54, 1.807) is 11.3 Å². The number of nitrogens with zero attached hydrogens (tertiary/aromatic N) is 2. The van der Waals surface area contributed by atoms with E-state index in [9.17, 15) is 4.79 Å². The summed E-state index contributed by atoms with van der Waals surface area (Å²) >= 11 is 1.60. The van der Waals surface area contributed by atoms with Gasteiger partial charge in [0.05, 0.1) is 35.8 Å². The average molecular weight is 372 g/mol. The highest BCUT2D eigenvalue weighted by atomic mass is 32.1. The third-order valence-corrected chi connectivity index (χ3v) is 6.02. The second-order valence-corrected chi connectivity index (χ2v) is 7.76. The third kappa shape index (κ3) is 3.63. The van der Waals surface area contributed by atoms with E-state index in [1.807, 2.05) is 30.0 Å². The smallest absolute Gasteiger partial charge is 0.264 e. The van der Waals surface area contributed by atoms with E-state index >= 15 is 0 Å². The van der Waals surface area contributed by atoms with Crippen molar-refractivity contribution in [3.8, 4) is 11.1 Å².